The Morgan fingerprint density at radius 3 is 2.56 bits per heavy atom. The molecule has 0 saturated carbocycles. The second kappa shape index (κ2) is 4.72. The normalized spacial score (nSPS) is 28.1. The molecule has 0 radical (unpaired) electrons. The zero-order chi connectivity index (χ0) is 14.0. The van der Waals surface area contributed by atoms with Gasteiger partial charge in [0.05, 0.1) is 6.07 Å². The third-order valence-corrected chi connectivity index (χ3v) is 3.21. The Kier molecular flexibility index (Phi) is 3.85. The van der Waals surface area contributed by atoms with Gasteiger partial charge in [-0.15, -0.1) is 0 Å². The Hall–Kier alpha value is -1.37. The van der Waals surface area contributed by atoms with Crippen LogP contribution in [0.1, 0.15) is 6.42 Å². The van der Waals surface area contributed by atoms with Crippen molar-refractivity contribution < 1.29 is 30.9 Å². The topological polar surface area (TPSA) is 87.4 Å². The minimum Gasteiger partial charge on any atom is -0.361 e. The molecule has 2 unspecified atom stereocenters. The quantitative estimate of drug-likeness (QED) is 0.477. The van der Waals surface area contributed by atoms with Crippen LogP contribution in [0.2, 0.25) is 0 Å². The lowest BCUT2D eigenvalue weighted by molar-refractivity contribution is -0.139. The number of aliphatic hydroxyl groups is 1. The van der Waals surface area contributed by atoms with E-state index in [-0.39, 0.29) is 0 Å². The molecule has 0 saturated heterocycles. The molecule has 0 aliphatic heterocycles. The lowest BCUT2D eigenvalue weighted by atomic mass is 9.92. The van der Waals surface area contributed by atoms with E-state index in [1.807, 2.05) is 0 Å². The minimum atomic E-state index is -5.95. The van der Waals surface area contributed by atoms with Gasteiger partial charge in [0, 0.05) is 12.3 Å². The molecule has 100 valence electrons. The molecule has 0 aromatic rings. The van der Waals surface area contributed by atoms with E-state index in [1.54, 1.807) is 6.07 Å². The summed E-state index contributed by atoms with van der Waals surface area (Å²) in [4.78, 5) is 0. The molecule has 9 heteroatoms. The standard InChI is InChI=1S/C9H8F3NO4S/c10-9(11,12)18(15,16)17-8(14)5-2-1-3-7(8)4-6-13/h1-3,5,7,14H,4H2. The van der Waals surface area contributed by atoms with Crippen LogP contribution in [0.5, 0.6) is 0 Å². The number of nitrogens with zero attached hydrogens (tertiary/aromatic N) is 1. The molecule has 1 aliphatic rings. The summed E-state index contributed by atoms with van der Waals surface area (Å²) < 4.78 is 61.9. The van der Waals surface area contributed by atoms with Gasteiger partial charge in [0.2, 0.25) is 5.79 Å². The highest BCUT2D eigenvalue weighted by molar-refractivity contribution is 7.87. The van der Waals surface area contributed by atoms with Crippen molar-refractivity contribution >= 4 is 10.1 Å². The van der Waals surface area contributed by atoms with Crippen molar-refractivity contribution in [2.24, 2.45) is 5.92 Å². The molecule has 0 heterocycles. The maximum atomic E-state index is 12.1. The first-order valence-electron chi connectivity index (χ1n) is 4.59. The van der Waals surface area contributed by atoms with Crippen molar-refractivity contribution in [1.29, 1.82) is 5.26 Å². The van der Waals surface area contributed by atoms with Crippen LogP contribution in [-0.2, 0) is 14.3 Å². The van der Waals surface area contributed by atoms with Crippen molar-refractivity contribution in [3.8, 4) is 6.07 Å². The molecule has 1 N–H and O–H groups in total. The van der Waals surface area contributed by atoms with Crippen molar-refractivity contribution in [3.63, 3.8) is 0 Å². The lowest BCUT2D eigenvalue weighted by Gasteiger charge is -2.31. The predicted molar refractivity (Wildman–Crippen MR) is 53.0 cm³/mol. The third-order valence-electron chi connectivity index (χ3n) is 2.16. The summed E-state index contributed by atoms with van der Waals surface area (Å²) >= 11 is 0. The van der Waals surface area contributed by atoms with E-state index in [2.05, 4.69) is 4.18 Å². The van der Waals surface area contributed by atoms with Crippen LogP contribution in [0.15, 0.2) is 24.3 Å². The van der Waals surface area contributed by atoms with E-state index in [0.29, 0.717) is 0 Å². The third kappa shape index (κ3) is 2.90. The molecule has 0 aromatic heterocycles. The molecule has 0 spiro atoms. The highest BCUT2D eigenvalue weighted by atomic mass is 32.2. The van der Waals surface area contributed by atoms with E-state index >= 15 is 0 Å². The van der Waals surface area contributed by atoms with Gasteiger partial charge in [0.15, 0.2) is 0 Å². The predicted octanol–water partition coefficient (Wildman–Crippen LogP) is 1.20. The second-order valence-electron chi connectivity index (χ2n) is 3.45. The maximum absolute atomic E-state index is 12.1. The minimum absolute atomic E-state index is 0.398. The Balaban J connectivity index is 3.04. The Bertz CT molecular complexity index is 517. The monoisotopic (exact) mass is 283 g/mol. The summed E-state index contributed by atoms with van der Waals surface area (Å²) in [6, 6.07) is 1.62. The molecule has 0 amide bonds. The molecule has 0 bridgehead atoms. The summed E-state index contributed by atoms with van der Waals surface area (Å²) in [5, 5.41) is 18.2. The van der Waals surface area contributed by atoms with Gasteiger partial charge in [-0.25, -0.2) is 4.18 Å². The fraction of sp³-hybridized carbons (Fsp3) is 0.444. The fourth-order valence-corrected chi connectivity index (χ4v) is 1.90. The zero-order valence-corrected chi connectivity index (χ0v) is 9.57. The Morgan fingerprint density at radius 2 is 2.06 bits per heavy atom. The average molecular weight is 283 g/mol. The average Bonchev–Trinajstić information content (AvgIpc) is 2.19. The number of rotatable bonds is 3. The smallest absolute Gasteiger partial charge is 0.361 e. The van der Waals surface area contributed by atoms with Crippen molar-refractivity contribution in [2.75, 3.05) is 0 Å². The SMILES string of the molecule is N#CCC1C=CC=CC1(O)OS(=O)(=O)C(F)(F)F. The lowest BCUT2D eigenvalue weighted by Crippen LogP contribution is -2.44. The number of alkyl halides is 3. The van der Waals surface area contributed by atoms with Crippen molar-refractivity contribution in [3.05, 3.63) is 24.3 Å². The molecule has 0 aromatic carbocycles. The van der Waals surface area contributed by atoms with Gasteiger partial charge in [-0.1, -0.05) is 18.2 Å². The summed E-state index contributed by atoms with van der Waals surface area (Å²) in [5.74, 6) is -3.91. The van der Waals surface area contributed by atoms with E-state index in [1.165, 1.54) is 12.2 Å². The van der Waals surface area contributed by atoms with Crippen LogP contribution >= 0.6 is 0 Å². The summed E-state index contributed by atoms with van der Waals surface area (Å²) in [6.45, 7) is 0. The highest BCUT2D eigenvalue weighted by Gasteiger charge is 2.53. The van der Waals surface area contributed by atoms with Crippen LogP contribution in [-0.4, -0.2) is 24.8 Å². The number of allylic oxidation sites excluding steroid dienone is 2. The molecular formula is C9H8F3NO4S. The van der Waals surface area contributed by atoms with Crippen LogP contribution in [0.4, 0.5) is 13.2 Å². The van der Waals surface area contributed by atoms with E-state index < -0.39 is 33.8 Å². The molecule has 5 nitrogen and oxygen atoms in total. The van der Waals surface area contributed by atoms with Crippen LogP contribution in [0, 0.1) is 17.2 Å². The summed E-state index contributed by atoms with van der Waals surface area (Å²) in [6.07, 6.45) is 4.03. The van der Waals surface area contributed by atoms with Crippen molar-refractivity contribution in [1.82, 2.24) is 0 Å². The van der Waals surface area contributed by atoms with E-state index in [9.17, 15) is 26.7 Å². The van der Waals surface area contributed by atoms with E-state index in [0.717, 1.165) is 12.2 Å². The molecule has 1 aliphatic carbocycles. The van der Waals surface area contributed by atoms with Gasteiger partial charge in [0.25, 0.3) is 0 Å². The molecule has 18 heavy (non-hydrogen) atoms. The Labute approximate surface area is 101 Å². The van der Waals surface area contributed by atoms with Crippen LogP contribution < -0.4 is 0 Å². The zero-order valence-electron chi connectivity index (χ0n) is 8.76. The highest BCUT2D eigenvalue weighted by Crippen LogP contribution is 2.35. The molecule has 2 atom stereocenters. The van der Waals surface area contributed by atoms with Gasteiger partial charge >= 0.3 is 15.6 Å². The van der Waals surface area contributed by atoms with Gasteiger partial charge in [-0.3, -0.25) is 0 Å². The Morgan fingerprint density at radius 1 is 1.44 bits per heavy atom. The number of halogens is 3. The van der Waals surface area contributed by atoms with Gasteiger partial charge in [0.1, 0.15) is 0 Å². The van der Waals surface area contributed by atoms with Crippen LogP contribution in [0.3, 0.4) is 0 Å². The molecule has 1 rings (SSSR count). The van der Waals surface area contributed by atoms with E-state index in [4.69, 9.17) is 5.26 Å². The molecule has 0 fully saturated rings. The first-order chi connectivity index (χ1) is 8.12. The summed E-state index contributed by atoms with van der Waals surface area (Å²) in [5.41, 5.74) is -5.64. The number of hydrogen-bond donors (Lipinski definition) is 1. The van der Waals surface area contributed by atoms with Gasteiger partial charge < -0.3 is 5.11 Å². The molecular weight excluding hydrogens is 275 g/mol. The van der Waals surface area contributed by atoms with Crippen molar-refractivity contribution in [2.45, 2.75) is 17.7 Å². The first kappa shape index (κ1) is 14.7. The fourth-order valence-electron chi connectivity index (χ4n) is 1.28. The largest absolute Gasteiger partial charge is 0.523 e. The maximum Gasteiger partial charge on any atom is 0.523 e. The van der Waals surface area contributed by atoms with Crippen LogP contribution in [0.25, 0.3) is 0 Å². The van der Waals surface area contributed by atoms with Gasteiger partial charge in [-0.05, 0) is 6.08 Å². The number of nitriles is 1. The van der Waals surface area contributed by atoms with Gasteiger partial charge in [-0.2, -0.15) is 26.9 Å². The summed E-state index contributed by atoms with van der Waals surface area (Å²) in [7, 11) is -5.95. The first-order valence-corrected chi connectivity index (χ1v) is 6.00. The number of hydrogen-bond acceptors (Lipinski definition) is 5. The second-order valence-corrected chi connectivity index (χ2v) is 4.99.